The van der Waals surface area contributed by atoms with Crippen molar-refractivity contribution in [2.75, 3.05) is 26.0 Å². The molecule has 1 aromatic heterocycles. The van der Waals surface area contributed by atoms with Crippen molar-refractivity contribution < 1.29 is 9.53 Å². The molecule has 0 aliphatic rings. The van der Waals surface area contributed by atoms with Crippen LogP contribution in [0.4, 0.5) is 5.95 Å². The second-order valence-corrected chi connectivity index (χ2v) is 4.48. The van der Waals surface area contributed by atoms with Crippen molar-refractivity contribution >= 4 is 11.9 Å². The Morgan fingerprint density at radius 1 is 1.44 bits per heavy atom. The summed E-state index contributed by atoms with van der Waals surface area (Å²) in [5.41, 5.74) is 0.792. The van der Waals surface area contributed by atoms with Crippen molar-refractivity contribution in [3.63, 3.8) is 0 Å². The lowest BCUT2D eigenvalue weighted by Gasteiger charge is -2.13. The number of anilines is 1. The molecule has 0 atom stereocenters. The van der Waals surface area contributed by atoms with Crippen LogP contribution in [0, 0.1) is 6.92 Å². The summed E-state index contributed by atoms with van der Waals surface area (Å²) in [6.07, 6.45) is 0.0514. The van der Waals surface area contributed by atoms with Crippen molar-refractivity contribution in [3.8, 4) is 5.88 Å². The topological polar surface area (TPSA) is 67.3 Å². The van der Waals surface area contributed by atoms with Crippen molar-refractivity contribution in [3.05, 3.63) is 11.8 Å². The molecule has 0 aromatic carbocycles. The summed E-state index contributed by atoms with van der Waals surface area (Å²) in [6, 6.07) is 1.76. The summed E-state index contributed by atoms with van der Waals surface area (Å²) in [6.45, 7) is 5.88. The van der Waals surface area contributed by atoms with Gasteiger partial charge < -0.3 is 15.0 Å². The van der Waals surface area contributed by atoms with Gasteiger partial charge in [-0.25, -0.2) is 4.98 Å². The van der Waals surface area contributed by atoms with Crippen molar-refractivity contribution in [2.24, 2.45) is 0 Å². The molecule has 6 heteroatoms. The van der Waals surface area contributed by atoms with E-state index < -0.39 is 0 Å². The second kappa shape index (κ2) is 6.18. The Bertz CT molecular complexity index is 419. The van der Waals surface area contributed by atoms with Crippen LogP contribution in [0.3, 0.4) is 0 Å². The minimum atomic E-state index is -0.0357. The number of nitrogens with zero attached hydrogens (tertiary/aromatic N) is 3. The maximum atomic E-state index is 11.4. The molecule has 1 aromatic rings. The van der Waals surface area contributed by atoms with Crippen LogP contribution in [0.15, 0.2) is 6.07 Å². The van der Waals surface area contributed by atoms with Crippen molar-refractivity contribution in [1.82, 2.24) is 14.9 Å². The monoisotopic (exact) mass is 252 g/mol. The highest BCUT2D eigenvalue weighted by atomic mass is 16.5. The fraction of sp³-hybridized carbons (Fsp3) is 0.583. The van der Waals surface area contributed by atoms with E-state index in [1.54, 1.807) is 20.2 Å². The van der Waals surface area contributed by atoms with Crippen LogP contribution in [0.2, 0.25) is 0 Å². The molecule has 100 valence electrons. The van der Waals surface area contributed by atoms with E-state index in [1.807, 2.05) is 20.8 Å². The van der Waals surface area contributed by atoms with Gasteiger partial charge in [0.1, 0.15) is 0 Å². The number of amides is 1. The zero-order chi connectivity index (χ0) is 13.7. The van der Waals surface area contributed by atoms with Gasteiger partial charge in [0.05, 0.1) is 12.6 Å². The van der Waals surface area contributed by atoms with Gasteiger partial charge in [0, 0.05) is 25.9 Å². The average molecular weight is 252 g/mol. The van der Waals surface area contributed by atoms with Gasteiger partial charge in [-0.05, 0) is 20.8 Å². The second-order valence-electron chi connectivity index (χ2n) is 4.48. The van der Waals surface area contributed by atoms with Gasteiger partial charge in [-0.2, -0.15) is 4.98 Å². The third kappa shape index (κ3) is 4.57. The highest BCUT2D eigenvalue weighted by Gasteiger charge is 2.07. The third-order valence-electron chi connectivity index (χ3n) is 2.08. The quantitative estimate of drug-likeness (QED) is 0.849. The van der Waals surface area contributed by atoms with Crippen molar-refractivity contribution in [2.45, 2.75) is 26.9 Å². The van der Waals surface area contributed by atoms with Crippen LogP contribution >= 0.6 is 0 Å². The molecule has 1 heterocycles. The summed E-state index contributed by atoms with van der Waals surface area (Å²) in [5, 5.41) is 2.89. The lowest BCUT2D eigenvalue weighted by Crippen LogP contribution is -2.29. The Labute approximate surface area is 107 Å². The normalized spacial score (nSPS) is 10.3. The number of aromatic nitrogens is 2. The van der Waals surface area contributed by atoms with Gasteiger partial charge >= 0.3 is 0 Å². The molecule has 0 radical (unpaired) electrons. The Morgan fingerprint density at radius 2 is 2.11 bits per heavy atom. The number of hydrogen-bond donors (Lipinski definition) is 1. The molecular formula is C12H20N4O2. The molecule has 18 heavy (non-hydrogen) atoms. The first-order valence-corrected chi connectivity index (χ1v) is 5.85. The summed E-state index contributed by atoms with van der Waals surface area (Å²) < 4.78 is 5.50. The summed E-state index contributed by atoms with van der Waals surface area (Å²) in [4.78, 5) is 21.3. The summed E-state index contributed by atoms with van der Waals surface area (Å²) in [7, 11) is 3.41. The average Bonchev–Trinajstić information content (AvgIpc) is 2.23. The minimum absolute atomic E-state index is 0.0357. The van der Waals surface area contributed by atoms with Crippen LogP contribution in [0.5, 0.6) is 5.88 Å². The molecule has 0 bridgehead atoms. The molecule has 6 nitrogen and oxygen atoms in total. The zero-order valence-electron chi connectivity index (χ0n) is 11.5. The maximum absolute atomic E-state index is 11.4. The molecule has 0 saturated heterocycles. The molecule has 0 unspecified atom stereocenters. The van der Waals surface area contributed by atoms with Crippen LogP contribution in [0.25, 0.3) is 0 Å². The van der Waals surface area contributed by atoms with E-state index in [9.17, 15) is 4.79 Å². The molecule has 1 amide bonds. The van der Waals surface area contributed by atoms with Gasteiger partial charge in [0.2, 0.25) is 17.7 Å². The SMILES string of the molecule is Cc1cc(OC(C)C)nc(NCC(=O)N(C)C)n1. The van der Waals surface area contributed by atoms with E-state index in [-0.39, 0.29) is 18.6 Å². The molecule has 1 N–H and O–H groups in total. The molecule has 1 rings (SSSR count). The van der Waals surface area contributed by atoms with Gasteiger partial charge in [-0.15, -0.1) is 0 Å². The highest BCUT2D eigenvalue weighted by molar-refractivity contribution is 5.79. The Morgan fingerprint density at radius 3 is 2.67 bits per heavy atom. The number of aryl methyl sites for hydroxylation is 1. The fourth-order valence-electron chi connectivity index (χ4n) is 1.23. The smallest absolute Gasteiger partial charge is 0.241 e. The zero-order valence-corrected chi connectivity index (χ0v) is 11.5. The summed E-state index contributed by atoms with van der Waals surface area (Å²) >= 11 is 0. The lowest BCUT2D eigenvalue weighted by molar-refractivity contribution is -0.126. The van der Waals surface area contributed by atoms with E-state index in [0.29, 0.717) is 11.8 Å². The molecule has 0 saturated carbocycles. The van der Waals surface area contributed by atoms with E-state index in [4.69, 9.17) is 4.74 Å². The molecule has 0 spiro atoms. The number of hydrogen-bond acceptors (Lipinski definition) is 5. The molecular weight excluding hydrogens is 232 g/mol. The molecule has 0 fully saturated rings. The van der Waals surface area contributed by atoms with E-state index in [0.717, 1.165) is 5.69 Å². The highest BCUT2D eigenvalue weighted by Crippen LogP contribution is 2.13. The minimum Gasteiger partial charge on any atom is -0.475 e. The standard InChI is InChI=1S/C12H20N4O2/c1-8(2)18-10-6-9(3)14-12(15-10)13-7-11(17)16(4)5/h6,8H,7H2,1-5H3,(H,13,14,15). The largest absolute Gasteiger partial charge is 0.475 e. The number of rotatable bonds is 5. The fourth-order valence-corrected chi connectivity index (χ4v) is 1.23. The maximum Gasteiger partial charge on any atom is 0.241 e. The number of carbonyl (C=O) groups is 1. The number of likely N-dealkylation sites (N-methyl/N-ethyl adjacent to an activating group) is 1. The lowest BCUT2D eigenvalue weighted by atomic mass is 10.4. The summed E-state index contributed by atoms with van der Waals surface area (Å²) in [5.74, 6) is 0.879. The Kier molecular flexibility index (Phi) is 4.88. The van der Waals surface area contributed by atoms with Gasteiger partial charge in [-0.1, -0.05) is 0 Å². The third-order valence-corrected chi connectivity index (χ3v) is 2.08. The first-order valence-electron chi connectivity index (χ1n) is 5.85. The predicted molar refractivity (Wildman–Crippen MR) is 69.7 cm³/mol. The van der Waals surface area contributed by atoms with Crippen molar-refractivity contribution in [1.29, 1.82) is 0 Å². The van der Waals surface area contributed by atoms with E-state index in [1.165, 1.54) is 4.90 Å². The van der Waals surface area contributed by atoms with Crippen LogP contribution in [0.1, 0.15) is 19.5 Å². The number of nitrogens with one attached hydrogen (secondary N) is 1. The van der Waals surface area contributed by atoms with Gasteiger partial charge in [0.15, 0.2) is 0 Å². The number of carbonyl (C=O) groups excluding carboxylic acids is 1. The molecule has 0 aliphatic heterocycles. The molecule has 0 aliphatic carbocycles. The van der Waals surface area contributed by atoms with Gasteiger partial charge in [-0.3, -0.25) is 4.79 Å². The van der Waals surface area contributed by atoms with Gasteiger partial charge in [0.25, 0.3) is 0 Å². The first kappa shape index (κ1) is 14.2. The van der Waals surface area contributed by atoms with E-state index in [2.05, 4.69) is 15.3 Å². The number of ether oxygens (including phenoxy) is 1. The Balaban J connectivity index is 2.71. The van der Waals surface area contributed by atoms with Crippen LogP contribution < -0.4 is 10.1 Å². The Hall–Kier alpha value is -1.85. The van der Waals surface area contributed by atoms with Crippen LogP contribution in [-0.2, 0) is 4.79 Å². The van der Waals surface area contributed by atoms with E-state index >= 15 is 0 Å². The predicted octanol–water partition coefficient (Wildman–Crippen LogP) is 1.07. The first-order chi connectivity index (χ1) is 8.38. The van der Waals surface area contributed by atoms with Crippen LogP contribution in [-0.4, -0.2) is 47.5 Å².